The molecule has 1 aliphatic rings. The number of fused-ring (bicyclic) bond motifs is 1. The summed E-state index contributed by atoms with van der Waals surface area (Å²) >= 11 is 8.62. The summed E-state index contributed by atoms with van der Waals surface area (Å²) in [5.74, 6) is 2.22. The van der Waals surface area contributed by atoms with Gasteiger partial charge in [0.05, 0.1) is 6.21 Å². The lowest BCUT2D eigenvalue weighted by Crippen LogP contribution is -1.97. The molecule has 0 amide bonds. The van der Waals surface area contributed by atoms with Crippen LogP contribution < -0.4 is 9.47 Å². The number of aryl methyl sites for hydroxylation is 1. The van der Waals surface area contributed by atoms with Crippen molar-refractivity contribution in [3.8, 4) is 11.5 Å². The maximum Gasteiger partial charge on any atom is 0.231 e. The molecule has 0 aliphatic carbocycles. The molecular weight excluding hydrogens is 344 g/mol. The van der Waals surface area contributed by atoms with Crippen molar-refractivity contribution >= 4 is 34.4 Å². The van der Waals surface area contributed by atoms with E-state index in [0.29, 0.717) is 10.5 Å². The topological polar surface area (TPSA) is 64.4 Å². The molecule has 0 saturated carbocycles. The Morgan fingerprint density at radius 2 is 2.25 bits per heavy atom. The Labute approximate surface area is 128 Å². The number of benzene rings is 1. The highest BCUT2D eigenvalue weighted by Gasteiger charge is 2.15. The van der Waals surface area contributed by atoms with Gasteiger partial charge in [-0.2, -0.15) is 14.9 Å². The van der Waals surface area contributed by atoms with E-state index in [0.717, 1.165) is 28.0 Å². The SMILES string of the molecule is CCc1n[nH]c(=S)n1N=Cc1cc2c(cc1Br)OCO2. The zero-order valence-electron chi connectivity index (χ0n) is 10.6. The maximum atomic E-state index is 5.35. The first-order valence-corrected chi connectivity index (χ1v) is 7.19. The van der Waals surface area contributed by atoms with Crippen molar-refractivity contribution < 1.29 is 9.47 Å². The molecule has 0 bridgehead atoms. The number of aromatic amines is 1. The molecule has 8 heteroatoms. The molecular formula is C12H11BrN4O2S. The summed E-state index contributed by atoms with van der Waals surface area (Å²) in [4.78, 5) is 0. The summed E-state index contributed by atoms with van der Waals surface area (Å²) in [5, 5.41) is 11.2. The van der Waals surface area contributed by atoms with E-state index >= 15 is 0 Å². The van der Waals surface area contributed by atoms with Gasteiger partial charge in [0, 0.05) is 16.5 Å². The molecule has 1 N–H and O–H groups in total. The van der Waals surface area contributed by atoms with Crippen molar-refractivity contribution in [3.05, 3.63) is 32.8 Å². The predicted octanol–water partition coefficient (Wildman–Crippen LogP) is 2.88. The summed E-state index contributed by atoms with van der Waals surface area (Å²) in [5.41, 5.74) is 0.874. The molecule has 6 nitrogen and oxygen atoms in total. The fraction of sp³-hybridized carbons (Fsp3) is 0.250. The second kappa shape index (κ2) is 5.37. The molecule has 0 spiro atoms. The van der Waals surface area contributed by atoms with Crippen LogP contribution in [0.5, 0.6) is 11.5 Å². The van der Waals surface area contributed by atoms with E-state index < -0.39 is 0 Å². The summed E-state index contributed by atoms with van der Waals surface area (Å²) < 4.78 is 13.6. The largest absolute Gasteiger partial charge is 0.454 e. The predicted molar refractivity (Wildman–Crippen MR) is 80.0 cm³/mol. The number of hydrogen-bond acceptors (Lipinski definition) is 5. The average molecular weight is 355 g/mol. The van der Waals surface area contributed by atoms with Crippen LogP contribution in [0.3, 0.4) is 0 Å². The lowest BCUT2D eigenvalue weighted by Gasteiger charge is -2.02. The Morgan fingerprint density at radius 1 is 1.50 bits per heavy atom. The Balaban J connectivity index is 1.97. The smallest absolute Gasteiger partial charge is 0.231 e. The van der Waals surface area contributed by atoms with Gasteiger partial charge < -0.3 is 9.47 Å². The molecule has 1 aromatic heterocycles. The Hall–Kier alpha value is -1.67. The van der Waals surface area contributed by atoms with Crippen molar-refractivity contribution in [1.29, 1.82) is 0 Å². The lowest BCUT2D eigenvalue weighted by molar-refractivity contribution is 0.174. The molecule has 1 aliphatic heterocycles. The Bertz CT molecular complexity index is 738. The van der Waals surface area contributed by atoms with Crippen LogP contribution in [0.1, 0.15) is 18.3 Å². The van der Waals surface area contributed by atoms with Gasteiger partial charge in [0.15, 0.2) is 17.3 Å². The molecule has 0 radical (unpaired) electrons. The highest BCUT2D eigenvalue weighted by atomic mass is 79.9. The fourth-order valence-electron chi connectivity index (χ4n) is 1.82. The number of H-pyrrole nitrogens is 1. The minimum absolute atomic E-state index is 0.245. The summed E-state index contributed by atoms with van der Waals surface area (Å²) in [6.07, 6.45) is 2.45. The van der Waals surface area contributed by atoms with Crippen molar-refractivity contribution in [2.24, 2.45) is 5.10 Å². The van der Waals surface area contributed by atoms with Gasteiger partial charge in [-0.25, -0.2) is 0 Å². The van der Waals surface area contributed by atoms with Crippen LogP contribution in [-0.2, 0) is 6.42 Å². The molecule has 1 aromatic carbocycles. The third-order valence-corrected chi connectivity index (χ3v) is 3.79. The van der Waals surface area contributed by atoms with Gasteiger partial charge in [-0.1, -0.05) is 6.92 Å². The van der Waals surface area contributed by atoms with E-state index in [4.69, 9.17) is 21.7 Å². The first-order valence-electron chi connectivity index (χ1n) is 5.99. The molecule has 0 saturated heterocycles. The zero-order valence-corrected chi connectivity index (χ0v) is 13.0. The number of halogens is 1. The quantitative estimate of drug-likeness (QED) is 0.679. The zero-order chi connectivity index (χ0) is 14.1. The monoisotopic (exact) mass is 354 g/mol. The fourth-order valence-corrected chi connectivity index (χ4v) is 2.45. The molecule has 0 fully saturated rings. The maximum absolute atomic E-state index is 5.35. The third-order valence-electron chi connectivity index (χ3n) is 2.84. The van der Waals surface area contributed by atoms with Crippen LogP contribution in [-0.4, -0.2) is 27.9 Å². The van der Waals surface area contributed by atoms with Crippen molar-refractivity contribution in [3.63, 3.8) is 0 Å². The van der Waals surface area contributed by atoms with Crippen molar-refractivity contribution in [2.45, 2.75) is 13.3 Å². The van der Waals surface area contributed by atoms with E-state index in [1.165, 1.54) is 0 Å². The lowest BCUT2D eigenvalue weighted by atomic mass is 10.2. The summed E-state index contributed by atoms with van der Waals surface area (Å²) in [7, 11) is 0. The van der Waals surface area contributed by atoms with E-state index in [1.54, 1.807) is 10.9 Å². The van der Waals surface area contributed by atoms with Gasteiger partial charge in [-0.05, 0) is 40.3 Å². The van der Waals surface area contributed by atoms with E-state index in [-0.39, 0.29) is 6.79 Å². The number of aromatic nitrogens is 3. The van der Waals surface area contributed by atoms with Gasteiger partial charge in [0.2, 0.25) is 11.6 Å². The van der Waals surface area contributed by atoms with Gasteiger partial charge in [0.25, 0.3) is 0 Å². The molecule has 2 heterocycles. The Kier molecular flexibility index (Phi) is 3.58. The van der Waals surface area contributed by atoms with Gasteiger partial charge in [0.1, 0.15) is 0 Å². The third kappa shape index (κ3) is 2.36. The highest BCUT2D eigenvalue weighted by Crippen LogP contribution is 2.36. The van der Waals surface area contributed by atoms with E-state index in [2.05, 4.69) is 31.2 Å². The summed E-state index contributed by atoms with van der Waals surface area (Å²) in [6.45, 7) is 2.24. The minimum atomic E-state index is 0.245. The van der Waals surface area contributed by atoms with Gasteiger partial charge in [-0.15, -0.1) is 0 Å². The number of rotatable bonds is 3. The first kappa shape index (κ1) is 13.3. The van der Waals surface area contributed by atoms with E-state index in [1.807, 2.05) is 19.1 Å². The molecule has 20 heavy (non-hydrogen) atoms. The highest BCUT2D eigenvalue weighted by molar-refractivity contribution is 9.10. The van der Waals surface area contributed by atoms with Crippen molar-refractivity contribution in [1.82, 2.24) is 14.9 Å². The minimum Gasteiger partial charge on any atom is -0.454 e. The summed E-state index contributed by atoms with van der Waals surface area (Å²) in [6, 6.07) is 3.73. The average Bonchev–Trinajstić information content (AvgIpc) is 3.02. The van der Waals surface area contributed by atoms with Gasteiger partial charge in [-0.3, -0.25) is 5.10 Å². The Morgan fingerprint density at radius 3 is 3.00 bits per heavy atom. The number of hydrogen-bond donors (Lipinski definition) is 1. The standard InChI is InChI=1S/C12H11BrN4O2S/c1-2-11-15-16-12(20)17(11)14-5-7-3-9-10(4-8(7)13)19-6-18-9/h3-5H,2,6H2,1H3,(H,16,20). The second-order valence-corrected chi connectivity index (χ2v) is 5.32. The van der Waals surface area contributed by atoms with Crippen LogP contribution in [0.15, 0.2) is 21.7 Å². The number of nitrogens with zero attached hydrogens (tertiary/aromatic N) is 3. The van der Waals surface area contributed by atoms with E-state index in [9.17, 15) is 0 Å². The van der Waals surface area contributed by atoms with Gasteiger partial charge >= 0.3 is 0 Å². The molecule has 0 unspecified atom stereocenters. The molecule has 2 aromatic rings. The van der Waals surface area contributed by atoms with Crippen LogP contribution in [0.4, 0.5) is 0 Å². The first-order chi connectivity index (χ1) is 9.69. The number of ether oxygens (including phenoxy) is 2. The molecule has 104 valence electrons. The van der Waals surface area contributed by atoms with Crippen molar-refractivity contribution in [2.75, 3.05) is 6.79 Å². The molecule has 3 rings (SSSR count). The van der Waals surface area contributed by atoms with Crippen LogP contribution >= 0.6 is 28.1 Å². The number of nitrogens with one attached hydrogen (secondary N) is 1. The normalized spacial score (nSPS) is 13.3. The van der Waals surface area contributed by atoms with Crippen LogP contribution in [0, 0.1) is 4.77 Å². The van der Waals surface area contributed by atoms with Crippen LogP contribution in [0.2, 0.25) is 0 Å². The van der Waals surface area contributed by atoms with Crippen LogP contribution in [0.25, 0.3) is 0 Å². The molecule has 0 atom stereocenters. The second-order valence-electron chi connectivity index (χ2n) is 4.08.